The highest BCUT2D eigenvalue weighted by Crippen LogP contribution is 2.33. The van der Waals surface area contributed by atoms with Gasteiger partial charge in [-0.25, -0.2) is 0 Å². The number of hydrogen-bond acceptors (Lipinski definition) is 7. The number of carbonyl (C=O) groups is 2. The van der Waals surface area contributed by atoms with E-state index in [0.29, 0.717) is 61.6 Å². The average molecular weight is 499 g/mol. The summed E-state index contributed by atoms with van der Waals surface area (Å²) in [6.07, 6.45) is 2.04. The van der Waals surface area contributed by atoms with Crippen LogP contribution in [-0.4, -0.2) is 55.7 Å². The molecule has 1 aliphatic heterocycles. The minimum Gasteiger partial charge on any atom is -0.497 e. The summed E-state index contributed by atoms with van der Waals surface area (Å²) in [6, 6.07) is 12.2. The van der Waals surface area contributed by atoms with E-state index in [1.165, 1.54) is 0 Å². The molecule has 196 valence electrons. The molecule has 0 bridgehead atoms. The molecule has 3 N–H and O–H groups in total. The second-order valence-corrected chi connectivity index (χ2v) is 9.30. The molecule has 0 saturated heterocycles. The molecule has 8 heteroatoms. The predicted molar refractivity (Wildman–Crippen MR) is 138 cm³/mol. The van der Waals surface area contributed by atoms with Crippen LogP contribution in [0.4, 0.5) is 0 Å². The highest BCUT2D eigenvalue weighted by Gasteiger charge is 2.25. The van der Waals surface area contributed by atoms with Crippen molar-refractivity contribution in [1.82, 2.24) is 10.6 Å². The number of ether oxygens (including phenoxy) is 3. The van der Waals surface area contributed by atoms with Gasteiger partial charge in [-0.15, -0.1) is 0 Å². The maximum atomic E-state index is 12.7. The molecule has 0 aromatic heterocycles. The number of Topliss-reactive ketones (excluding diaryl/α,β-unsaturated/α-hetero) is 1. The van der Waals surface area contributed by atoms with Gasteiger partial charge in [0.05, 0.1) is 13.2 Å². The van der Waals surface area contributed by atoms with Crippen molar-refractivity contribution in [2.45, 2.75) is 64.1 Å². The largest absolute Gasteiger partial charge is 0.497 e. The van der Waals surface area contributed by atoms with Crippen molar-refractivity contribution in [2.24, 2.45) is 0 Å². The molecule has 0 spiro atoms. The third-order valence-corrected chi connectivity index (χ3v) is 6.10. The number of nitrogens with one attached hydrogen (secondary N) is 2. The lowest BCUT2D eigenvalue weighted by atomic mass is 10.0. The Kier molecular flexibility index (Phi) is 10.6. The lowest BCUT2D eigenvalue weighted by Gasteiger charge is -2.27. The number of rotatable bonds is 14. The van der Waals surface area contributed by atoms with Crippen LogP contribution in [0.5, 0.6) is 17.2 Å². The van der Waals surface area contributed by atoms with Crippen molar-refractivity contribution in [1.29, 1.82) is 0 Å². The van der Waals surface area contributed by atoms with Crippen molar-refractivity contribution in [2.75, 3.05) is 26.9 Å². The van der Waals surface area contributed by atoms with Gasteiger partial charge < -0.3 is 30.0 Å². The van der Waals surface area contributed by atoms with Gasteiger partial charge >= 0.3 is 0 Å². The van der Waals surface area contributed by atoms with Crippen LogP contribution in [-0.2, 0) is 4.79 Å². The fourth-order valence-corrected chi connectivity index (χ4v) is 4.03. The van der Waals surface area contributed by atoms with Gasteiger partial charge in [-0.2, -0.15) is 0 Å². The third-order valence-electron chi connectivity index (χ3n) is 6.10. The summed E-state index contributed by atoms with van der Waals surface area (Å²) >= 11 is 0. The van der Waals surface area contributed by atoms with E-state index in [9.17, 15) is 14.7 Å². The maximum absolute atomic E-state index is 12.7. The van der Waals surface area contributed by atoms with Crippen LogP contribution in [0.15, 0.2) is 42.5 Å². The molecule has 2 aromatic carbocycles. The molecule has 8 nitrogen and oxygen atoms in total. The summed E-state index contributed by atoms with van der Waals surface area (Å²) < 4.78 is 16.3. The predicted octanol–water partition coefficient (Wildman–Crippen LogP) is 3.82. The van der Waals surface area contributed by atoms with Gasteiger partial charge in [0.25, 0.3) is 0 Å². The molecule has 2 atom stereocenters. The summed E-state index contributed by atoms with van der Waals surface area (Å²) in [6.45, 7) is 5.43. The van der Waals surface area contributed by atoms with E-state index >= 15 is 0 Å². The van der Waals surface area contributed by atoms with Crippen molar-refractivity contribution >= 4 is 11.7 Å². The molecule has 1 amide bonds. The maximum Gasteiger partial charge on any atom is 0.220 e. The van der Waals surface area contributed by atoms with Crippen molar-refractivity contribution in [3.63, 3.8) is 0 Å². The quantitative estimate of drug-likeness (QED) is 0.269. The molecule has 0 radical (unpaired) electrons. The van der Waals surface area contributed by atoms with Crippen LogP contribution in [0.3, 0.4) is 0 Å². The van der Waals surface area contributed by atoms with E-state index in [0.717, 1.165) is 18.6 Å². The van der Waals surface area contributed by atoms with Crippen molar-refractivity contribution in [3.05, 3.63) is 53.6 Å². The minimum atomic E-state index is -0.904. The molecule has 1 aliphatic rings. The highest BCUT2D eigenvalue weighted by molar-refractivity contribution is 5.96. The number of fused-ring (bicyclic) bond motifs is 1. The molecule has 0 aliphatic carbocycles. The summed E-state index contributed by atoms with van der Waals surface area (Å²) in [5, 5.41) is 17.3. The summed E-state index contributed by atoms with van der Waals surface area (Å²) in [4.78, 5) is 25.0. The Morgan fingerprint density at radius 2 is 1.67 bits per heavy atom. The van der Waals surface area contributed by atoms with Crippen molar-refractivity contribution < 1.29 is 28.9 Å². The van der Waals surface area contributed by atoms with E-state index in [1.54, 1.807) is 49.6 Å². The van der Waals surface area contributed by atoms with Crippen LogP contribution in [0.25, 0.3) is 0 Å². The first-order chi connectivity index (χ1) is 17.4. The monoisotopic (exact) mass is 498 g/mol. The third kappa shape index (κ3) is 8.24. The summed E-state index contributed by atoms with van der Waals surface area (Å²) in [5.74, 6) is 1.94. The standard InChI is InChI=1S/C28H38N2O6/c1-19(2)29-18-23(28(33)21-11-14-25-26(17-21)36-16-15-35-25)30-27(32)8-6-4-5-7-24(31)20-9-12-22(34-3)13-10-20/h9-14,17,19,23,28-29,33H,4-8,15-16,18H2,1-3H3,(H,30,32)/t23-,28+/m1/s1. The smallest absolute Gasteiger partial charge is 0.220 e. The van der Waals surface area contributed by atoms with E-state index in [-0.39, 0.29) is 17.7 Å². The zero-order valence-corrected chi connectivity index (χ0v) is 21.4. The number of unbranched alkanes of at least 4 members (excludes halogenated alkanes) is 2. The molecule has 36 heavy (non-hydrogen) atoms. The number of amides is 1. The number of carbonyl (C=O) groups excluding carboxylic acids is 2. The minimum absolute atomic E-state index is 0.0875. The first-order valence-electron chi connectivity index (χ1n) is 12.6. The number of aliphatic hydroxyl groups is 1. The van der Waals surface area contributed by atoms with Gasteiger partial charge in [0.1, 0.15) is 25.1 Å². The van der Waals surface area contributed by atoms with E-state index in [1.807, 2.05) is 13.8 Å². The zero-order chi connectivity index (χ0) is 25.9. The Labute approximate surface area is 213 Å². The first kappa shape index (κ1) is 27.5. The van der Waals surface area contributed by atoms with Gasteiger partial charge in [0.2, 0.25) is 5.91 Å². The Bertz CT molecular complexity index is 992. The van der Waals surface area contributed by atoms with Gasteiger partial charge in [0.15, 0.2) is 17.3 Å². The second kappa shape index (κ2) is 13.8. The molecule has 1 heterocycles. The molecule has 0 fully saturated rings. The average Bonchev–Trinajstić information content (AvgIpc) is 2.90. The fourth-order valence-electron chi connectivity index (χ4n) is 4.03. The lowest BCUT2D eigenvalue weighted by Crippen LogP contribution is -2.47. The SMILES string of the molecule is COc1ccc(C(=O)CCCCCC(=O)N[C@H](CNC(C)C)[C@@H](O)c2ccc3c(c2)OCCO3)cc1. The first-order valence-corrected chi connectivity index (χ1v) is 12.6. The second-order valence-electron chi connectivity index (χ2n) is 9.30. The molecule has 3 rings (SSSR count). The summed E-state index contributed by atoms with van der Waals surface area (Å²) in [7, 11) is 1.59. The van der Waals surface area contributed by atoms with Gasteiger partial charge in [-0.05, 0) is 54.8 Å². The molecule has 0 saturated carbocycles. The Morgan fingerprint density at radius 1 is 0.972 bits per heavy atom. The number of ketones is 1. The van der Waals surface area contributed by atoms with E-state index in [4.69, 9.17) is 14.2 Å². The number of hydrogen-bond donors (Lipinski definition) is 3. The van der Waals surface area contributed by atoms with Gasteiger partial charge in [-0.1, -0.05) is 26.3 Å². The van der Waals surface area contributed by atoms with E-state index < -0.39 is 12.1 Å². The lowest BCUT2D eigenvalue weighted by molar-refractivity contribution is -0.122. The number of aliphatic hydroxyl groups excluding tert-OH is 1. The zero-order valence-electron chi connectivity index (χ0n) is 21.4. The van der Waals surface area contributed by atoms with Gasteiger partial charge in [0, 0.05) is 31.0 Å². The Hall–Kier alpha value is -3.10. The highest BCUT2D eigenvalue weighted by atomic mass is 16.6. The number of methoxy groups -OCH3 is 1. The normalized spacial score (nSPS) is 14.2. The topological polar surface area (TPSA) is 106 Å². The molecule has 2 aromatic rings. The van der Waals surface area contributed by atoms with Crippen LogP contribution in [0.1, 0.15) is 68.0 Å². The van der Waals surface area contributed by atoms with Crippen molar-refractivity contribution in [3.8, 4) is 17.2 Å². The van der Waals surface area contributed by atoms with Crippen LogP contribution >= 0.6 is 0 Å². The van der Waals surface area contributed by atoms with Crippen LogP contribution < -0.4 is 24.8 Å². The number of benzene rings is 2. The fraction of sp³-hybridized carbons (Fsp3) is 0.500. The Morgan fingerprint density at radius 3 is 2.36 bits per heavy atom. The molecular weight excluding hydrogens is 460 g/mol. The summed E-state index contributed by atoms with van der Waals surface area (Å²) in [5.41, 5.74) is 1.33. The van der Waals surface area contributed by atoms with Crippen LogP contribution in [0, 0.1) is 0 Å². The molecule has 0 unspecified atom stereocenters. The molecular formula is C28H38N2O6. The van der Waals surface area contributed by atoms with Gasteiger partial charge in [-0.3, -0.25) is 9.59 Å². The van der Waals surface area contributed by atoms with Crippen LogP contribution in [0.2, 0.25) is 0 Å². The van der Waals surface area contributed by atoms with E-state index in [2.05, 4.69) is 10.6 Å². The Balaban J connectivity index is 1.46.